The summed E-state index contributed by atoms with van der Waals surface area (Å²) in [6, 6.07) is 14.6. The molecule has 2 aromatic rings. The summed E-state index contributed by atoms with van der Waals surface area (Å²) in [5.41, 5.74) is 3.30. The summed E-state index contributed by atoms with van der Waals surface area (Å²) in [4.78, 5) is 12.2. The third-order valence-electron chi connectivity index (χ3n) is 3.78. The Morgan fingerprint density at radius 1 is 1.00 bits per heavy atom. The van der Waals surface area contributed by atoms with Crippen LogP contribution in [-0.2, 0) is 15.6 Å². The second-order valence-electron chi connectivity index (χ2n) is 5.58. The molecule has 0 radical (unpaired) electrons. The highest BCUT2D eigenvalue weighted by Crippen LogP contribution is 2.12. The number of aryl methyl sites for hydroxylation is 1. The summed E-state index contributed by atoms with van der Waals surface area (Å²) in [7, 11) is -3.25. The van der Waals surface area contributed by atoms with Crippen LogP contribution in [0.2, 0.25) is 0 Å². The molecule has 5 heteroatoms. The summed E-state index contributed by atoms with van der Waals surface area (Å²) >= 11 is 0. The molecule has 0 atom stereocenters. The number of nitrogens with one attached hydrogen (secondary N) is 1. The van der Waals surface area contributed by atoms with Gasteiger partial charge in [-0.25, -0.2) is 8.42 Å². The Kier molecular flexibility index (Phi) is 5.55. The first-order chi connectivity index (χ1) is 10.9. The molecule has 2 aromatic carbocycles. The van der Waals surface area contributed by atoms with Crippen molar-refractivity contribution in [3.8, 4) is 0 Å². The number of amides is 1. The highest BCUT2D eigenvalue weighted by atomic mass is 32.2. The van der Waals surface area contributed by atoms with Crippen LogP contribution >= 0.6 is 0 Å². The molecule has 0 heterocycles. The summed E-state index contributed by atoms with van der Waals surface area (Å²) < 4.78 is 24.2. The van der Waals surface area contributed by atoms with Gasteiger partial charge in [0.2, 0.25) is 0 Å². The normalized spacial score (nSPS) is 11.2. The van der Waals surface area contributed by atoms with E-state index in [4.69, 9.17) is 0 Å². The molecule has 1 N–H and O–H groups in total. The van der Waals surface area contributed by atoms with Gasteiger partial charge in [-0.3, -0.25) is 4.79 Å². The largest absolute Gasteiger partial charge is 0.351 e. The van der Waals surface area contributed by atoms with Gasteiger partial charge in [-0.15, -0.1) is 0 Å². The Hall–Kier alpha value is -2.14. The number of carbonyl (C=O) groups is 1. The Morgan fingerprint density at radius 3 is 2.39 bits per heavy atom. The summed E-state index contributed by atoms with van der Waals surface area (Å²) in [6.07, 6.45) is 0. The number of benzene rings is 2. The minimum absolute atomic E-state index is 0.00676. The lowest BCUT2D eigenvalue weighted by atomic mass is 10.0. The average molecular weight is 331 g/mol. The van der Waals surface area contributed by atoms with E-state index in [1.165, 1.54) is 0 Å². The zero-order valence-corrected chi connectivity index (χ0v) is 14.2. The minimum Gasteiger partial charge on any atom is -0.351 e. The van der Waals surface area contributed by atoms with E-state index in [9.17, 15) is 13.2 Å². The first kappa shape index (κ1) is 17.2. The molecule has 0 saturated heterocycles. The van der Waals surface area contributed by atoms with Crippen molar-refractivity contribution in [2.45, 2.75) is 19.6 Å². The van der Waals surface area contributed by atoms with Crippen LogP contribution in [0.4, 0.5) is 0 Å². The Labute approximate surface area is 137 Å². The lowest BCUT2D eigenvalue weighted by molar-refractivity contribution is 0.0955. The summed E-state index contributed by atoms with van der Waals surface area (Å²) in [5.74, 6) is -0.313. The topological polar surface area (TPSA) is 63.2 Å². The van der Waals surface area contributed by atoms with E-state index in [0.29, 0.717) is 5.56 Å². The fraction of sp³-hybridized carbons (Fsp3) is 0.278. The van der Waals surface area contributed by atoms with Gasteiger partial charge in [-0.05, 0) is 36.6 Å². The molecule has 2 rings (SSSR count). The number of rotatable bonds is 6. The fourth-order valence-electron chi connectivity index (χ4n) is 2.31. The zero-order chi connectivity index (χ0) is 16.9. The van der Waals surface area contributed by atoms with Crippen molar-refractivity contribution in [2.24, 2.45) is 0 Å². The van der Waals surface area contributed by atoms with E-state index < -0.39 is 9.84 Å². The third kappa shape index (κ3) is 4.93. The van der Waals surface area contributed by atoms with E-state index in [1.807, 2.05) is 44.2 Å². The lowest BCUT2D eigenvalue weighted by Gasteiger charge is -2.10. The van der Waals surface area contributed by atoms with Crippen molar-refractivity contribution < 1.29 is 13.2 Å². The van der Waals surface area contributed by atoms with Gasteiger partial charge < -0.3 is 5.32 Å². The molecule has 0 aliphatic heterocycles. The van der Waals surface area contributed by atoms with E-state index in [0.717, 1.165) is 16.7 Å². The van der Waals surface area contributed by atoms with Crippen LogP contribution in [0.3, 0.4) is 0 Å². The first-order valence-electron chi connectivity index (χ1n) is 7.48. The molecule has 0 unspecified atom stereocenters. The predicted molar refractivity (Wildman–Crippen MR) is 92.2 cm³/mol. The number of hydrogen-bond donors (Lipinski definition) is 1. The number of sulfone groups is 1. The van der Waals surface area contributed by atoms with Gasteiger partial charge in [-0.1, -0.05) is 42.5 Å². The summed E-state index contributed by atoms with van der Waals surface area (Å²) in [5, 5.41) is 2.69. The van der Waals surface area contributed by atoms with Crippen molar-refractivity contribution >= 4 is 15.7 Å². The maximum atomic E-state index is 12.2. The second kappa shape index (κ2) is 7.42. The maximum absolute atomic E-state index is 12.2. The molecule has 0 spiro atoms. The van der Waals surface area contributed by atoms with Gasteiger partial charge in [0, 0.05) is 12.1 Å². The van der Waals surface area contributed by atoms with Crippen LogP contribution in [0.25, 0.3) is 0 Å². The van der Waals surface area contributed by atoms with Crippen LogP contribution in [0, 0.1) is 13.8 Å². The smallest absolute Gasteiger partial charge is 0.251 e. The average Bonchev–Trinajstić information content (AvgIpc) is 2.50. The van der Waals surface area contributed by atoms with Gasteiger partial charge in [0.15, 0.2) is 9.84 Å². The van der Waals surface area contributed by atoms with Crippen molar-refractivity contribution in [3.63, 3.8) is 0 Å². The number of carbonyl (C=O) groups excluding carboxylic acids is 1. The lowest BCUT2D eigenvalue weighted by Crippen LogP contribution is -2.30. The molecule has 0 aliphatic carbocycles. The van der Waals surface area contributed by atoms with Crippen molar-refractivity contribution in [1.29, 1.82) is 0 Å². The minimum atomic E-state index is -3.25. The molecule has 122 valence electrons. The van der Waals surface area contributed by atoms with Gasteiger partial charge in [-0.2, -0.15) is 0 Å². The van der Waals surface area contributed by atoms with E-state index >= 15 is 0 Å². The van der Waals surface area contributed by atoms with Crippen LogP contribution in [0.5, 0.6) is 0 Å². The Balaban J connectivity index is 1.91. The number of hydrogen-bond acceptors (Lipinski definition) is 3. The molecule has 4 nitrogen and oxygen atoms in total. The van der Waals surface area contributed by atoms with Crippen molar-refractivity contribution in [2.75, 3.05) is 12.3 Å². The molecular formula is C18H21NO3S. The van der Waals surface area contributed by atoms with Gasteiger partial charge in [0.25, 0.3) is 5.91 Å². The summed E-state index contributed by atoms with van der Waals surface area (Å²) in [6.45, 7) is 3.94. The van der Waals surface area contributed by atoms with Gasteiger partial charge >= 0.3 is 0 Å². The molecular weight excluding hydrogens is 310 g/mol. The SMILES string of the molecule is Cc1cccc(C(=O)NCCS(=O)(=O)Cc2ccccc2)c1C. The van der Waals surface area contributed by atoms with Crippen molar-refractivity contribution in [1.82, 2.24) is 5.32 Å². The second-order valence-corrected chi connectivity index (χ2v) is 7.77. The predicted octanol–water partition coefficient (Wildman–Crippen LogP) is 2.65. The molecule has 0 bridgehead atoms. The monoisotopic (exact) mass is 331 g/mol. The van der Waals surface area contributed by atoms with Crippen molar-refractivity contribution in [3.05, 3.63) is 70.8 Å². The van der Waals surface area contributed by atoms with Crippen LogP contribution in [0.1, 0.15) is 27.0 Å². The van der Waals surface area contributed by atoms with Crippen LogP contribution in [0.15, 0.2) is 48.5 Å². The Morgan fingerprint density at radius 2 is 1.70 bits per heavy atom. The molecule has 0 saturated carbocycles. The first-order valence-corrected chi connectivity index (χ1v) is 9.30. The van der Waals surface area contributed by atoms with Gasteiger partial charge in [0.1, 0.15) is 0 Å². The van der Waals surface area contributed by atoms with E-state index in [1.54, 1.807) is 18.2 Å². The standard InChI is InChI=1S/C18H21NO3S/c1-14-7-6-10-17(15(14)2)18(20)19-11-12-23(21,22)13-16-8-4-3-5-9-16/h3-10H,11-13H2,1-2H3,(H,19,20). The highest BCUT2D eigenvalue weighted by molar-refractivity contribution is 7.90. The van der Waals surface area contributed by atoms with E-state index in [-0.39, 0.29) is 24.0 Å². The van der Waals surface area contributed by atoms with Gasteiger partial charge in [0.05, 0.1) is 11.5 Å². The van der Waals surface area contributed by atoms with E-state index in [2.05, 4.69) is 5.32 Å². The highest BCUT2D eigenvalue weighted by Gasteiger charge is 2.14. The Bertz CT molecular complexity index is 783. The molecule has 0 aliphatic rings. The maximum Gasteiger partial charge on any atom is 0.251 e. The fourth-order valence-corrected chi connectivity index (χ4v) is 3.57. The van der Waals surface area contributed by atoms with Crippen LogP contribution in [-0.4, -0.2) is 26.6 Å². The third-order valence-corrected chi connectivity index (χ3v) is 5.38. The molecule has 23 heavy (non-hydrogen) atoms. The quantitative estimate of drug-likeness (QED) is 0.885. The molecule has 1 amide bonds. The van der Waals surface area contributed by atoms with Crippen LogP contribution < -0.4 is 5.32 Å². The molecule has 0 aromatic heterocycles. The zero-order valence-electron chi connectivity index (χ0n) is 13.4. The molecule has 0 fully saturated rings.